The van der Waals surface area contributed by atoms with E-state index in [4.69, 9.17) is 6.42 Å². The van der Waals surface area contributed by atoms with Crippen molar-refractivity contribution in [3.8, 4) is 12.3 Å². The van der Waals surface area contributed by atoms with E-state index in [1.807, 2.05) is 31.2 Å². The van der Waals surface area contributed by atoms with E-state index >= 15 is 0 Å². The molecular formula is C13H13N3. The molecule has 0 saturated heterocycles. The summed E-state index contributed by atoms with van der Waals surface area (Å²) in [7, 11) is 0. The van der Waals surface area contributed by atoms with Crippen molar-refractivity contribution in [2.75, 3.05) is 5.32 Å². The van der Waals surface area contributed by atoms with Crippen molar-refractivity contribution in [2.45, 2.75) is 19.4 Å². The average Bonchev–Trinajstić information content (AvgIpc) is 2.35. The first-order valence-electron chi connectivity index (χ1n) is 5.28. The number of fused-ring (bicyclic) bond motifs is 1. The molecule has 0 aliphatic heterocycles. The van der Waals surface area contributed by atoms with Crippen molar-refractivity contribution < 1.29 is 0 Å². The number of nitrogens with zero attached hydrogens (tertiary/aromatic N) is 2. The Morgan fingerprint density at radius 2 is 2.25 bits per heavy atom. The van der Waals surface area contributed by atoms with Gasteiger partial charge in [-0.25, -0.2) is 9.97 Å². The Bertz CT molecular complexity index is 528. The molecule has 1 N–H and O–H groups in total. The van der Waals surface area contributed by atoms with E-state index in [1.54, 1.807) is 6.20 Å². The molecule has 0 fully saturated rings. The molecule has 0 saturated carbocycles. The normalized spacial score (nSPS) is 12.0. The van der Waals surface area contributed by atoms with Crippen LogP contribution in [0.5, 0.6) is 0 Å². The van der Waals surface area contributed by atoms with Gasteiger partial charge in [-0.15, -0.1) is 6.42 Å². The fourth-order valence-electron chi connectivity index (χ4n) is 1.46. The fraction of sp³-hybridized carbons (Fsp3) is 0.231. The largest absolute Gasteiger partial charge is 0.341 e. The topological polar surface area (TPSA) is 37.8 Å². The quantitative estimate of drug-likeness (QED) is 0.792. The Kier molecular flexibility index (Phi) is 3.02. The molecule has 1 unspecified atom stereocenters. The molecule has 0 aliphatic carbocycles. The van der Waals surface area contributed by atoms with Gasteiger partial charge in [0.15, 0.2) is 0 Å². The molecule has 2 rings (SSSR count). The van der Waals surface area contributed by atoms with Gasteiger partial charge in [0.1, 0.15) is 0 Å². The molecule has 2 aromatic rings. The second-order valence-electron chi connectivity index (χ2n) is 3.52. The molecule has 0 spiro atoms. The lowest BCUT2D eigenvalue weighted by atomic mass is 10.2. The van der Waals surface area contributed by atoms with Gasteiger partial charge in [0, 0.05) is 11.6 Å². The zero-order chi connectivity index (χ0) is 11.4. The lowest BCUT2D eigenvalue weighted by molar-refractivity contribution is 0.843. The lowest BCUT2D eigenvalue weighted by Gasteiger charge is -2.10. The highest BCUT2D eigenvalue weighted by molar-refractivity contribution is 5.78. The summed E-state index contributed by atoms with van der Waals surface area (Å²) in [6.45, 7) is 2.03. The van der Waals surface area contributed by atoms with Crippen LogP contribution in [0.4, 0.5) is 5.95 Å². The minimum atomic E-state index is -0.0128. The molecule has 1 aromatic carbocycles. The van der Waals surface area contributed by atoms with Crippen LogP contribution in [-0.2, 0) is 0 Å². The Hall–Kier alpha value is -2.08. The van der Waals surface area contributed by atoms with Crippen molar-refractivity contribution in [2.24, 2.45) is 0 Å². The Morgan fingerprint density at radius 1 is 1.44 bits per heavy atom. The first-order chi connectivity index (χ1) is 7.83. The second-order valence-corrected chi connectivity index (χ2v) is 3.52. The molecule has 1 heterocycles. The maximum absolute atomic E-state index is 5.38. The van der Waals surface area contributed by atoms with Crippen molar-refractivity contribution in [3.63, 3.8) is 0 Å². The second kappa shape index (κ2) is 4.63. The minimum absolute atomic E-state index is 0.0128. The number of anilines is 1. The predicted molar refractivity (Wildman–Crippen MR) is 66.1 cm³/mol. The maximum atomic E-state index is 5.38. The van der Waals surface area contributed by atoms with E-state index in [2.05, 4.69) is 21.2 Å². The molecule has 0 radical (unpaired) electrons. The van der Waals surface area contributed by atoms with Crippen LogP contribution in [-0.4, -0.2) is 16.0 Å². The first-order valence-corrected chi connectivity index (χ1v) is 5.28. The van der Waals surface area contributed by atoms with Crippen molar-refractivity contribution in [1.29, 1.82) is 0 Å². The highest BCUT2D eigenvalue weighted by Gasteiger charge is 2.04. The van der Waals surface area contributed by atoms with Gasteiger partial charge in [0.05, 0.1) is 11.6 Å². The summed E-state index contributed by atoms with van der Waals surface area (Å²) >= 11 is 0. The van der Waals surface area contributed by atoms with Gasteiger partial charge < -0.3 is 5.32 Å². The van der Waals surface area contributed by atoms with Gasteiger partial charge in [-0.3, -0.25) is 0 Å². The zero-order valence-corrected chi connectivity index (χ0v) is 9.14. The van der Waals surface area contributed by atoms with Crippen LogP contribution >= 0.6 is 0 Å². The van der Waals surface area contributed by atoms with E-state index in [1.165, 1.54) is 0 Å². The van der Waals surface area contributed by atoms with Crippen molar-refractivity contribution in [1.82, 2.24) is 9.97 Å². The summed E-state index contributed by atoms with van der Waals surface area (Å²) in [5.74, 6) is 3.24. The van der Waals surface area contributed by atoms with E-state index in [0.717, 1.165) is 17.3 Å². The van der Waals surface area contributed by atoms with Crippen LogP contribution in [0.2, 0.25) is 0 Å². The summed E-state index contributed by atoms with van der Waals surface area (Å²) < 4.78 is 0. The van der Waals surface area contributed by atoms with E-state index < -0.39 is 0 Å². The SMILES string of the molecule is C#CC(CC)Nc1ncc2ccccc2n1. The number of para-hydroxylation sites is 1. The fourth-order valence-corrected chi connectivity index (χ4v) is 1.46. The van der Waals surface area contributed by atoms with Crippen LogP contribution in [0.25, 0.3) is 10.9 Å². The lowest BCUT2D eigenvalue weighted by Crippen LogP contribution is -2.17. The summed E-state index contributed by atoms with van der Waals surface area (Å²) in [6, 6.07) is 7.85. The van der Waals surface area contributed by atoms with Crippen molar-refractivity contribution >= 4 is 16.9 Å². The van der Waals surface area contributed by atoms with Gasteiger partial charge >= 0.3 is 0 Å². The summed E-state index contributed by atoms with van der Waals surface area (Å²) in [6.07, 6.45) is 8.03. The van der Waals surface area contributed by atoms with Gasteiger partial charge in [-0.1, -0.05) is 31.0 Å². The zero-order valence-electron chi connectivity index (χ0n) is 9.14. The Labute approximate surface area is 94.9 Å². The molecule has 80 valence electrons. The Balaban J connectivity index is 2.30. The van der Waals surface area contributed by atoms with E-state index in [0.29, 0.717) is 5.95 Å². The third-order valence-electron chi connectivity index (χ3n) is 2.40. The smallest absolute Gasteiger partial charge is 0.224 e. The van der Waals surface area contributed by atoms with Crippen LogP contribution in [0, 0.1) is 12.3 Å². The van der Waals surface area contributed by atoms with Crippen LogP contribution < -0.4 is 5.32 Å². The van der Waals surface area contributed by atoms with Gasteiger partial charge in [-0.05, 0) is 12.5 Å². The summed E-state index contributed by atoms with van der Waals surface area (Å²) in [5.41, 5.74) is 0.923. The number of aromatic nitrogens is 2. The third-order valence-corrected chi connectivity index (χ3v) is 2.40. The van der Waals surface area contributed by atoms with Crippen LogP contribution in [0.15, 0.2) is 30.5 Å². The Morgan fingerprint density at radius 3 is 3.00 bits per heavy atom. The number of rotatable bonds is 3. The van der Waals surface area contributed by atoms with Crippen LogP contribution in [0.3, 0.4) is 0 Å². The standard InChI is InChI=1S/C13H13N3/c1-3-11(4-2)15-13-14-9-10-7-5-6-8-12(10)16-13/h1,5-9,11H,4H2,2H3,(H,14,15,16). The number of terminal acetylenes is 1. The van der Waals surface area contributed by atoms with Gasteiger partial charge in [0.25, 0.3) is 0 Å². The summed E-state index contributed by atoms with van der Waals surface area (Å²) in [4.78, 5) is 8.62. The van der Waals surface area contributed by atoms with E-state index in [9.17, 15) is 0 Å². The highest BCUT2D eigenvalue weighted by Crippen LogP contribution is 2.12. The molecule has 1 atom stereocenters. The predicted octanol–water partition coefficient (Wildman–Crippen LogP) is 2.45. The van der Waals surface area contributed by atoms with E-state index in [-0.39, 0.29) is 6.04 Å². The molecule has 1 aromatic heterocycles. The average molecular weight is 211 g/mol. The van der Waals surface area contributed by atoms with Crippen LogP contribution in [0.1, 0.15) is 13.3 Å². The molecule has 0 bridgehead atoms. The molecule has 16 heavy (non-hydrogen) atoms. The first kappa shape index (κ1) is 10.4. The molecule has 0 amide bonds. The highest BCUT2D eigenvalue weighted by atomic mass is 15.1. The van der Waals surface area contributed by atoms with Gasteiger partial charge in [-0.2, -0.15) is 0 Å². The maximum Gasteiger partial charge on any atom is 0.224 e. The van der Waals surface area contributed by atoms with Crippen molar-refractivity contribution in [3.05, 3.63) is 30.5 Å². The molecule has 0 aliphatic rings. The number of nitrogens with one attached hydrogen (secondary N) is 1. The summed E-state index contributed by atoms with van der Waals surface area (Å²) in [5, 5.41) is 4.14. The minimum Gasteiger partial charge on any atom is -0.341 e. The number of hydrogen-bond acceptors (Lipinski definition) is 3. The third kappa shape index (κ3) is 2.12. The van der Waals surface area contributed by atoms with Gasteiger partial charge in [0.2, 0.25) is 5.95 Å². The monoisotopic (exact) mass is 211 g/mol. The number of hydrogen-bond donors (Lipinski definition) is 1. The molecule has 3 heteroatoms. The molecular weight excluding hydrogens is 198 g/mol. The number of benzene rings is 1. The molecule has 3 nitrogen and oxygen atoms in total.